The first-order valence-corrected chi connectivity index (χ1v) is 9.78. The highest BCUT2D eigenvalue weighted by atomic mass is 35.5. The molecule has 0 spiro atoms. The molecular weight excluding hydrogens is 367 g/mol. The van der Waals surface area contributed by atoms with Crippen molar-refractivity contribution in [3.63, 3.8) is 0 Å². The average Bonchev–Trinajstić information content (AvgIpc) is 2.82. The van der Waals surface area contributed by atoms with Gasteiger partial charge >= 0.3 is 0 Å². The topological polar surface area (TPSA) is 49.7 Å². The summed E-state index contributed by atoms with van der Waals surface area (Å²) in [6.07, 6.45) is 2.35. The normalized spacial score (nSPS) is 15.8. The van der Waals surface area contributed by atoms with E-state index in [9.17, 15) is 8.42 Å². The van der Waals surface area contributed by atoms with E-state index in [2.05, 4.69) is 5.10 Å². The summed E-state index contributed by atoms with van der Waals surface area (Å²) < 4.78 is 26.9. The second-order valence-corrected chi connectivity index (χ2v) is 8.23. The van der Waals surface area contributed by atoms with Gasteiger partial charge in [0.1, 0.15) is 0 Å². The van der Waals surface area contributed by atoms with Gasteiger partial charge in [0.05, 0.1) is 17.2 Å². The molecule has 0 N–H and O–H groups in total. The highest BCUT2D eigenvalue weighted by Crippen LogP contribution is 2.24. The van der Waals surface area contributed by atoms with Crippen LogP contribution in [-0.4, -0.2) is 25.1 Å². The predicted molar refractivity (Wildman–Crippen MR) is 97.2 cm³/mol. The van der Waals surface area contributed by atoms with Crippen LogP contribution < -0.4 is 0 Å². The number of hydrogen-bond acceptors (Lipinski definition) is 3. The summed E-state index contributed by atoms with van der Waals surface area (Å²) in [5.41, 5.74) is 1.63. The molecule has 1 aliphatic rings. The molecule has 1 heterocycles. The zero-order chi connectivity index (χ0) is 17.2. The lowest BCUT2D eigenvalue weighted by Gasteiger charge is -2.18. The number of nitrogens with zero attached hydrogens (tertiary/aromatic N) is 2. The smallest absolute Gasteiger partial charge is 0.200 e. The quantitative estimate of drug-likeness (QED) is 0.780. The molecule has 0 saturated heterocycles. The van der Waals surface area contributed by atoms with E-state index >= 15 is 0 Å². The van der Waals surface area contributed by atoms with Crippen LogP contribution >= 0.6 is 23.2 Å². The Labute approximate surface area is 151 Å². The van der Waals surface area contributed by atoms with Crippen molar-refractivity contribution < 1.29 is 8.42 Å². The lowest BCUT2D eigenvalue weighted by Crippen LogP contribution is -2.27. The zero-order valence-corrected chi connectivity index (χ0v) is 15.2. The molecule has 4 nitrogen and oxygen atoms in total. The number of halogens is 2. The molecule has 2 aromatic rings. The van der Waals surface area contributed by atoms with Gasteiger partial charge in [-0.3, -0.25) is 0 Å². The van der Waals surface area contributed by atoms with Crippen LogP contribution in [-0.2, 0) is 10.0 Å². The second-order valence-electron chi connectivity index (χ2n) is 5.52. The molecule has 0 unspecified atom stereocenters. The molecule has 0 bridgehead atoms. The first-order valence-electron chi connectivity index (χ1n) is 7.58. The van der Waals surface area contributed by atoms with Crippen molar-refractivity contribution in [1.82, 2.24) is 4.41 Å². The van der Waals surface area contributed by atoms with E-state index in [0.29, 0.717) is 16.6 Å². The largest absolute Gasteiger partial charge is 0.279 e. The minimum Gasteiger partial charge on any atom is -0.200 e. The van der Waals surface area contributed by atoms with Gasteiger partial charge in [0, 0.05) is 10.0 Å². The first-order chi connectivity index (χ1) is 11.5. The minimum absolute atomic E-state index is 0.149. The SMILES string of the molecule is O=S(=O)(c1cccc(Cl)c1)N1CCCCC(c2ccc(Cl)cc2)=N1. The van der Waals surface area contributed by atoms with Crippen LogP contribution in [0.3, 0.4) is 0 Å². The highest BCUT2D eigenvalue weighted by molar-refractivity contribution is 7.89. The van der Waals surface area contributed by atoms with Crippen molar-refractivity contribution >= 4 is 38.9 Å². The number of sulfonamides is 1. The van der Waals surface area contributed by atoms with Gasteiger partial charge in [-0.15, -0.1) is 0 Å². The van der Waals surface area contributed by atoms with E-state index < -0.39 is 10.0 Å². The van der Waals surface area contributed by atoms with Crippen molar-refractivity contribution in [3.05, 3.63) is 64.1 Å². The van der Waals surface area contributed by atoms with Crippen molar-refractivity contribution in [2.45, 2.75) is 24.2 Å². The lowest BCUT2D eigenvalue weighted by atomic mass is 10.1. The third kappa shape index (κ3) is 3.74. The summed E-state index contributed by atoms with van der Waals surface area (Å²) in [5, 5.41) is 5.45. The summed E-state index contributed by atoms with van der Waals surface area (Å²) in [6, 6.07) is 13.5. The van der Waals surface area contributed by atoms with Crippen molar-refractivity contribution in [2.24, 2.45) is 5.10 Å². The number of hydrogen-bond donors (Lipinski definition) is 0. The molecule has 0 radical (unpaired) electrons. The zero-order valence-electron chi connectivity index (χ0n) is 12.8. The summed E-state index contributed by atoms with van der Waals surface area (Å²) in [7, 11) is -3.72. The summed E-state index contributed by atoms with van der Waals surface area (Å²) in [4.78, 5) is 0.149. The highest BCUT2D eigenvalue weighted by Gasteiger charge is 2.25. The first kappa shape index (κ1) is 17.3. The van der Waals surface area contributed by atoms with Crippen LogP contribution in [0.15, 0.2) is 58.5 Å². The predicted octanol–water partition coefficient (Wildman–Crippen LogP) is 4.57. The Morgan fingerprint density at radius 3 is 2.42 bits per heavy atom. The fourth-order valence-corrected chi connectivity index (χ4v) is 4.27. The summed E-state index contributed by atoms with van der Waals surface area (Å²) in [5.74, 6) is 0. The Hall–Kier alpha value is -1.56. The van der Waals surface area contributed by atoms with E-state index in [-0.39, 0.29) is 4.90 Å². The Bertz CT molecular complexity index is 864. The standard InChI is InChI=1S/C17H16Cl2N2O2S/c18-14-9-7-13(8-10-14)17-6-1-2-11-21(20-17)24(22,23)16-5-3-4-15(19)12-16/h3-5,7-10,12H,1-2,6,11H2. The van der Waals surface area contributed by atoms with E-state index in [1.54, 1.807) is 24.3 Å². The fraction of sp³-hybridized carbons (Fsp3) is 0.235. The van der Waals surface area contributed by atoms with E-state index in [1.807, 2.05) is 12.1 Å². The van der Waals surface area contributed by atoms with Gasteiger partial charge in [0.2, 0.25) is 0 Å². The number of benzene rings is 2. The maximum Gasteiger partial charge on any atom is 0.279 e. The monoisotopic (exact) mass is 382 g/mol. The van der Waals surface area contributed by atoms with Crippen LogP contribution in [0.2, 0.25) is 10.0 Å². The third-order valence-electron chi connectivity index (χ3n) is 3.79. The molecule has 0 atom stereocenters. The molecule has 0 fully saturated rings. The van der Waals surface area contributed by atoms with Crippen molar-refractivity contribution in [2.75, 3.05) is 6.54 Å². The molecule has 0 saturated carbocycles. The fourth-order valence-electron chi connectivity index (χ4n) is 2.54. The van der Waals surface area contributed by atoms with E-state index in [0.717, 1.165) is 30.5 Å². The molecule has 24 heavy (non-hydrogen) atoms. The van der Waals surface area contributed by atoms with Crippen LogP contribution in [0.5, 0.6) is 0 Å². The molecule has 2 aromatic carbocycles. The number of rotatable bonds is 3. The molecule has 7 heteroatoms. The second kappa shape index (κ2) is 7.13. The average molecular weight is 383 g/mol. The van der Waals surface area contributed by atoms with Gasteiger partial charge in [-0.25, -0.2) is 0 Å². The Morgan fingerprint density at radius 1 is 0.958 bits per heavy atom. The van der Waals surface area contributed by atoms with Gasteiger partial charge < -0.3 is 0 Å². The minimum atomic E-state index is -3.72. The van der Waals surface area contributed by atoms with Crippen LogP contribution in [0, 0.1) is 0 Å². The van der Waals surface area contributed by atoms with Gasteiger partial charge in [0.15, 0.2) is 0 Å². The molecule has 3 rings (SSSR count). The summed E-state index contributed by atoms with van der Waals surface area (Å²) >= 11 is 11.9. The molecule has 0 aliphatic carbocycles. The van der Waals surface area contributed by atoms with E-state index in [1.165, 1.54) is 16.5 Å². The molecule has 126 valence electrons. The maximum atomic E-state index is 12.9. The van der Waals surface area contributed by atoms with Gasteiger partial charge in [-0.1, -0.05) is 41.4 Å². The summed E-state index contributed by atoms with van der Waals surface area (Å²) in [6.45, 7) is 0.353. The van der Waals surface area contributed by atoms with Crippen molar-refractivity contribution in [1.29, 1.82) is 0 Å². The maximum absolute atomic E-state index is 12.9. The third-order valence-corrected chi connectivity index (χ3v) is 5.95. The number of hydrazone groups is 1. The van der Waals surface area contributed by atoms with Crippen LogP contribution in [0.1, 0.15) is 24.8 Å². The molecule has 0 aromatic heterocycles. The molecule has 0 amide bonds. The lowest BCUT2D eigenvalue weighted by molar-refractivity contribution is 0.428. The van der Waals surface area contributed by atoms with Crippen LogP contribution in [0.25, 0.3) is 0 Å². The Kier molecular flexibility index (Phi) is 5.13. The van der Waals surface area contributed by atoms with Gasteiger partial charge in [0.25, 0.3) is 10.0 Å². The van der Waals surface area contributed by atoms with Crippen molar-refractivity contribution in [3.8, 4) is 0 Å². The van der Waals surface area contributed by atoms with Gasteiger partial charge in [-0.05, 0) is 55.2 Å². The van der Waals surface area contributed by atoms with Gasteiger partial charge in [-0.2, -0.15) is 17.9 Å². The Morgan fingerprint density at radius 2 is 1.71 bits per heavy atom. The molecule has 1 aliphatic heterocycles. The van der Waals surface area contributed by atoms with Crippen LogP contribution in [0.4, 0.5) is 0 Å². The Balaban J connectivity index is 1.99. The molecular formula is C17H16Cl2N2O2S. The van der Waals surface area contributed by atoms with E-state index in [4.69, 9.17) is 23.2 Å².